The van der Waals surface area contributed by atoms with E-state index in [4.69, 9.17) is 0 Å². The Labute approximate surface area is 109 Å². The van der Waals surface area contributed by atoms with Crippen LogP contribution in [0.1, 0.15) is 12.5 Å². The molecule has 1 aromatic heterocycles. The number of aromatic hydroxyl groups is 1. The maximum absolute atomic E-state index is 11.2. The van der Waals surface area contributed by atoms with Crippen LogP contribution in [0, 0.1) is 6.92 Å². The summed E-state index contributed by atoms with van der Waals surface area (Å²) in [5.74, 6) is 0.802. The predicted octanol–water partition coefficient (Wildman–Crippen LogP) is 0.923. The van der Waals surface area contributed by atoms with Gasteiger partial charge in [-0.1, -0.05) is 0 Å². The van der Waals surface area contributed by atoms with Gasteiger partial charge in [-0.3, -0.25) is 9.36 Å². The van der Waals surface area contributed by atoms with Gasteiger partial charge < -0.3 is 10.4 Å². The molecule has 0 unspecified atom stereocenters. The number of benzene rings is 1. The van der Waals surface area contributed by atoms with Crippen molar-refractivity contribution in [3.8, 4) is 5.75 Å². The molecule has 0 saturated heterocycles. The monoisotopic (exact) mass is 258 g/mol. The highest BCUT2D eigenvalue weighted by atomic mass is 16.3. The maximum atomic E-state index is 11.2. The zero-order valence-electron chi connectivity index (χ0n) is 10.8. The molecule has 0 radical (unpaired) electrons. The molecule has 1 aliphatic heterocycles. The highest BCUT2D eigenvalue weighted by molar-refractivity contribution is 5.93. The molecule has 0 aliphatic carbocycles. The number of anilines is 1. The molecule has 1 aliphatic rings. The third kappa shape index (κ3) is 1.76. The largest absolute Gasteiger partial charge is 0.508 e. The van der Waals surface area contributed by atoms with Crippen molar-refractivity contribution in [3.05, 3.63) is 23.3 Å². The second-order valence-corrected chi connectivity index (χ2v) is 4.58. The van der Waals surface area contributed by atoms with Crippen molar-refractivity contribution in [2.24, 2.45) is 4.99 Å². The summed E-state index contributed by atoms with van der Waals surface area (Å²) < 4.78 is 1.89. The molecule has 1 aromatic carbocycles. The Balaban J connectivity index is 2.47. The van der Waals surface area contributed by atoms with E-state index in [9.17, 15) is 9.90 Å². The molecule has 19 heavy (non-hydrogen) atoms. The van der Waals surface area contributed by atoms with Crippen LogP contribution in [0.5, 0.6) is 5.75 Å². The minimum Gasteiger partial charge on any atom is -0.508 e. The first kappa shape index (κ1) is 11.7. The molecule has 0 fully saturated rings. The smallest absolute Gasteiger partial charge is 0.245 e. The van der Waals surface area contributed by atoms with Crippen LogP contribution in [0.2, 0.25) is 0 Å². The van der Waals surface area contributed by atoms with E-state index in [0.717, 1.165) is 24.3 Å². The third-order valence-corrected chi connectivity index (χ3v) is 3.27. The average Bonchev–Trinajstić information content (AvgIpc) is 2.83. The fourth-order valence-corrected chi connectivity index (χ4v) is 2.35. The van der Waals surface area contributed by atoms with Crippen molar-refractivity contribution in [1.29, 1.82) is 0 Å². The van der Waals surface area contributed by atoms with Crippen molar-refractivity contribution < 1.29 is 9.90 Å². The highest BCUT2D eigenvalue weighted by Gasteiger charge is 2.17. The van der Waals surface area contributed by atoms with Crippen molar-refractivity contribution >= 4 is 22.6 Å². The fourth-order valence-electron chi connectivity index (χ4n) is 2.35. The Morgan fingerprint density at radius 1 is 1.53 bits per heavy atom. The zero-order valence-corrected chi connectivity index (χ0v) is 10.8. The van der Waals surface area contributed by atoms with Gasteiger partial charge in [-0.05, 0) is 19.1 Å². The number of nitrogens with zero attached hydrogens (tertiary/aromatic N) is 3. The van der Waals surface area contributed by atoms with E-state index in [0.29, 0.717) is 16.7 Å². The standard InChI is InChI=1S/C13H14N4O2/c1-7-10(19)4-3-9-11(7)16-13(15-8(2)18)17-6-5-14-12(9)17/h3-4,14,19H,5-6H2,1-2H3. The van der Waals surface area contributed by atoms with Gasteiger partial charge >= 0.3 is 0 Å². The number of aryl methyl sites for hydroxylation is 1. The van der Waals surface area contributed by atoms with Crippen molar-refractivity contribution in [3.63, 3.8) is 0 Å². The number of amides is 1. The topological polar surface area (TPSA) is 79.5 Å². The molecule has 2 aromatic rings. The van der Waals surface area contributed by atoms with E-state index in [1.54, 1.807) is 13.0 Å². The predicted molar refractivity (Wildman–Crippen MR) is 70.9 cm³/mol. The highest BCUT2D eigenvalue weighted by Crippen LogP contribution is 2.29. The lowest BCUT2D eigenvalue weighted by atomic mass is 10.1. The molecule has 3 rings (SSSR count). The van der Waals surface area contributed by atoms with Crippen LogP contribution in [0.25, 0.3) is 10.9 Å². The van der Waals surface area contributed by atoms with Gasteiger partial charge in [0.25, 0.3) is 0 Å². The normalized spacial score (nSPS) is 14.5. The fraction of sp³-hybridized carbons (Fsp3) is 0.308. The molecule has 6 heteroatoms. The lowest BCUT2D eigenvalue weighted by Gasteiger charge is -2.10. The van der Waals surface area contributed by atoms with Crippen LogP contribution in [-0.2, 0) is 11.3 Å². The number of aromatic nitrogens is 2. The summed E-state index contributed by atoms with van der Waals surface area (Å²) in [6.07, 6.45) is 0. The molecule has 0 atom stereocenters. The van der Waals surface area contributed by atoms with Gasteiger partial charge in [0.1, 0.15) is 11.6 Å². The number of hydrogen-bond acceptors (Lipinski definition) is 4. The van der Waals surface area contributed by atoms with Crippen LogP contribution < -0.4 is 10.9 Å². The van der Waals surface area contributed by atoms with E-state index in [1.807, 2.05) is 10.6 Å². The number of fused-ring (bicyclic) bond motifs is 3. The molecular formula is C13H14N4O2. The SMILES string of the molecule is CC(=O)N=c1nc2c(C)c(O)ccc2c2n1CCN2. The molecule has 0 spiro atoms. The van der Waals surface area contributed by atoms with Crippen LogP contribution >= 0.6 is 0 Å². The van der Waals surface area contributed by atoms with E-state index >= 15 is 0 Å². The summed E-state index contributed by atoms with van der Waals surface area (Å²) in [5, 5.41) is 14.0. The Bertz CT molecular complexity index is 761. The summed E-state index contributed by atoms with van der Waals surface area (Å²) in [7, 11) is 0. The second-order valence-electron chi connectivity index (χ2n) is 4.58. The number of rotatable bonds is 0. The van der Waals surface area contributed by atoms with Crippen molar-refractivity contribution in [2.75, 3.05) is 11.9 Å². The lowest BCUT2D eigenvalue weighted by Crippen LogP contribution is -2.24. The van der Waals surface area contributed by atoms with Crippen molar-refractivity contribution in [2.45, 2.75) is 20.4 Å². The summed E-state index contributed by atoms with van der Waals surface area (Å²) in [6.45, 7) is 4.70. The second kappa shape index (κ2) is 4.08. The van der Waals surface area contributed by atoms with Crippen LogP contribution in [0.4, 0.5) is 5.82 Å². The van der Waals surface area contributed by atoms with Crippen LogP contribution in [-0.4, -0.2) is 27.1 Å². The van der Waals surface area contributed by atoms with Gasteiger partial charge in [-0.25, -0.2) is 4.98 Å². The molecule has 6 nitrogen and oxygen atoms in total. The van der Waals surface area contributed by atoms with Crippen LogP contribution in [0.3, 0.4) is 0 Å². The minimum absolute atomic E-state index is 0.191. The summed E-state index contributed by atoms with van der Waals surface area (Å²) >= 11 is 0. The van der Waals surface area contributed by atoms with Gasteiger partial charge in [-0.15, -0.1) is 0 Å². The molecule has 2 heterocycles. The van der Waals surface area contributed by atoms with E-state index in [-0.39, 0.29) is 11.7 Å². The molecule has 0 bridgehead atoms. The first-order valence-electron chi connectivity index (χ1n) is 6.10. The van der Waals surface area contributed by atoms with E-state index < -0.39 is 0 Å². The number of nitrogens with one attached hydrogen (secondary N) is 1. The average molecular weight is 258 g/mol. The molecular weight excluding hydrogens is 244 g/mol. The van der Waals surface area contributed by atoms with Gasteiger partial charge in [0.2, 0.25) is 11.5 Å². The van der Waals surface area contributed by atoms with Gasteiger partial charge in [0, 0.05) is 31.0 Å². The van der Waals surface area contributed by atoms with Crippen LogP contribution in [0.15, 0.2) is 17.1 Å². The van der Waals surface area contributed by atoms with E-state index in [1.165, 1.54) is 6.92 Å². The Hall–Kier alpha value is -2.37. The van der Waals surface area contributed by atoms with Crippen molar-refractivity contribution in [1.82, 2.24) is 9.55 Å². The number of carbonyl (C=O) groups excluding carboxylic acids is 1. The lowest BCUT2D eigenvalue weighted by molar-refractivity contribution is -0.116. The van der Waals surface area contributed by atoms with Gasteiger partial charge in [0.05, 0.1) is 5.52 Å². The Kier molecular flexibility index (Phi) is 2.51. The number of carbonyl (C=O) groups is 1. The summed E-state index contributed by atoms with van der Waals surface area (Å²) in [4.78, 5) is 19.6. The Morgan fingerprint density at radius 3 is 3.05 bits per heavy atom. The quantitative estimate of drug-likeness (QED) is 0.736. The maximum Gasteiger partial charge on any atom is 0.245 e. The third-order valence-electron chi connectivity index (χ3n) is 3.27. The molecule has 2 N–H and O–H groups in total. The first-order valence-corrected chi connectivity index (χ1v) is 6.10. The number of phenols is 1. The summed E-state index contributed by atoms with van der Waals surface area (Å²) in [5.41, 5.74) is 1.74. The molecule has 0 saturated carbocycles. The zero-order chi connectivity index (χ0) is 13.6. The van der Waals surface area contributed by atoms with Gasteiger partial charge in [-0.2, -0.15) is 4.99 Å². The molecule has 98 valence electrons. The van der Waals surface area contributed by atoms with E-state index in [2.05, 4.69) is 15.3 Å². The molecule has 1 amide bonds. The first-order chi connectivity index (χ1) is 9.08. The minimum atomic E-state index is -0.286. The Morgan fingerprint density at radius 2 is 2.32 bits per heavy atom. The van der Waals surface area contributed by atoms with Gasteiger partial charge in [0.15, 0.2) is 0 Å². The number of hydrogen-bond donors (Lipinski definition) is 2. The summed E-state index contributed by atoms with van der Waals surface area (Å²) in [6, 6.07) is 3.48. The number of phenolic OH excluding ortho intramolecular Hbond substituents is 1.